The number of nitrogens with zero attached hydrogens (tertiary/aromatic N) is 4. The number of aromatic nitrogens is 2. The zero-order valence-corrected chi connectivity index (χ0v) is 18.6. The first kappa shape index (κ1) is 22.5. The standard InChI is InChI=1S/C24H22N6O4/c1-3-29(19-13-8-10-16-9-4-5-11-17(16)19)23-21(30(32)33)22(25-15-26-23)27-28-24(31)18-12-6-7-14-20(18)34-2/h4-15H,3H2,1-2H3,(H,28,31)(H,25,26,27). The number of hydrogen-bond acceptors (Lipinski definition) is 8. The molecule has 0 aliphatic carbocycles. The van der Waals surface area contributed by atoms with E-state index in [1.165, 1.54) is 13.4 Å². The van der Waals surface area contributed by atoms with Crippen molar-refractivity contribution in [3.8, 4) is 5.75 Å². The number of hydrazine groups is 1. The molecule has 0 radical (unpaired) electrons. The molecule has 1 amide bonds. The first-order valence-corrected chi connectivity index (χ1v) is 10.5. The monoisotopic (exact) mass is 458 g/mol. The second-order valence-electron chi connectivity index (χ2n) is 7.17. The molecule has 0 unspecified atom stereocenters. The van der Waals surface area contributed by atoms with E-state index < -0.39 is 10.8 Å². The van der Waals surface area contributed by atoms with Crippen molar-refractivity contribution in [3.63, 3.8) is 0 Å². The third-order valence-corrected chi connectivity index (χ3v) is 5.26. The van der Waals surface area contributed by atoms with E-state index in [2.05, 4.69) is 20.8 Å². The lowest BCUT2D eigenvalue weighted by Gasteiger charge is -2.24. The number of anilines is 3. The number of amides is 1. The fraction of sp³-hybridized carbons (Fsp3) is 0.125. The van der Waals surface area contributed by atoms with Gasteiger partial charge in [0, 0.05) is 11.9 Å². The van der Waals surface area contributed by atoms with Crippen LogP contribution in [0.1, 0.15) is 17.3 Å². The summed E-state index contributed by atoms with van der Waals surface area (Å²) < 4.78 is 5.20. The van der Waals surface area contributed by atoms with Gasteiger partial charge >= 0.3 is 5.69 Å². The number of benzene rings is 3. The smallest absolute Gasteiger partial charge is 0.355 e. The molecule has 1 heterocycles. The lowest BCUT2D eigenvalue weighted by Crippen LogP contribution is -2.31. The predicted octanol–water partition coefficient (Wildman–Crippen LogP) is 4.46. The summed E-state index contributed by atoms with van der Waals surface area (Å²) in [6.07, 6.45) is 1.22. The molecule has 10 heteroatoms. The van der Waals surface area contributed by atoms with E-state index in [1.54, 1.807) is 29.2 Å². The second-order valence-corrected chi connectivity index (χ2v) is 7.17. The molecule has 4 rings (SSSR count). The zero-order chi connectivity index (χ0) is 24.1. The van der Waals surface area contributed by atoms with Crippen molar-refractivity contribution in [2.75, 3.05) is 24.0 Å². The summed E-state index contributed by atoms with van der Waals surface area (Å²) >= 11 is 0. The number of para-hydroxylation sites is 1. The first-order valence-electron chi connectivity index (χ1n) is 10.5. The normalized spacial score (nSPS) is 10.5. The molecule has 3 aromatic carbocycles. The maximum Gasteiger partial charge on any atom is 0.355 e. The summed E-state index contributed by atoms with van der Waals surface area (Å²) in [6, 6.07) is 20.2. The molecule has 0 saturated carbocycles. The molecule has 34 heavy (non-hydrogen) atoms. The lowest BCUT2D eigenvalue weighted by molar-refractivity contribution is -0.383. The Morgan fingerprint density at radius 3 is 2.56 bits per heavy atom. The van der Waals surface area contributed by atoms with E-state index >= 15 is 0 Å². The van der Waals surface area contributed by atoms with Crippen molar-refractivity contribution < 1.29 is 14.5 Å². The fourth-order valence-electron chi connectivity index (χ4n) is 3.72. The van der Waals surface area contributed by atoms with Crippen LogP contribution in [-0.2, 0) is 0 Å². The van der Waals surface area contributed by atoms with Gasteiger partial charge in [0.2, 0.25) is 11.6 Å². The summed E-state index contributed by atoms with van der Waals surface area (Å²) in [6.45, 7) is 2.29. The topological polar surface area (TPSA) is 123 Å². The van der Waals surface area contributed by atoms with Crippen molar-refractivity contribution in [1.82, 2.24) is 15.4 Å². The number of nitrogens with one attached hydrogen (secondary N) is 2. The maximum absolute atomic E-state index is 12.6. The number of nitro groups is 1. The summed E-state index contributed by atoms with van der Waals surface area (Å²) in [4.78, 5) is 34.2. The lowest BCUT2D eigenvalue weighted by atomic mass is 10.1. The minimum Gasteiger partial charge on any atom is -0.496 e. The molecule has 0 atom stereocenters. The molecule has 0 aliphatic heterocycles. The van der Waals surface area contributed by atoms with Crippen molar-refractivity contribution in [3.05, 3.63) is 88.7 Å². The quantitative estimate of drug-likeness (QED) is 0.293. The van der Waals surface area contributed by atoms with Crippen LogP contribution < -0.4 is 20.5 Å². The van der Waals surface area contributed by atoms with Gasteiger partial charge in [-0.25, -0.2) is 9.97 Å². The Hall–Kier alpha value is -4.73. The average Bonchev–Trinajstić information content (AvgIpc) is 2.87. The largest absolute Gasteiger partial charge is 0.496 e. The fourth-order valence-corrected chi connectivity index (χ4v) is 3.72. The van der Waals surface area contributed by atoms with E-state index in [-0.39, 0.29) is 22.9 Å². The van der Waals surface area contributed by atoms with Crippen molar-refractivity contribution in [1.29, 1.82) is 0 Å². The van der Waals surface area contributed by atoms with Crippen LogP contribution in [0.15, 0.2) is 73.1 Å². The summed E-state index contributed by atoms with van der Waals surface area (Å²) in [7, 11) is 1.45. The van der Waals surface area contributed by atoms with Crippen LogP contribution in [-0.4, -0.2) is 34.5 Å². The highest BCUT2D eigenvalue weighted by Gasteiger charge is 2.28. The molecule has 1 aromatic heterocycles. The Kier molecular flexibility index (Phi) is 6.49. The Labute approximate surface area is 195 Å². The maximum atomic E-state index is 12.6. The molecular formula is C24H22N6O4. The number of fused-ring (bicyclic) bond motifs is 1. The molecule has 0 fully saturated rings. The summed E-state index contributed by atoms with van der Waals surface area (Å²) in [5.74, 6) is -0.203. The van der Waals surface area contributed by atoms with E-state index in [1.807, 2.05) is 49.4 Å². The average molecular weight is 458 g/mol. The third-order valence-electron chi connectivity index (χ3n) is 5.26. The van der Waals surface area contributed by atoms with E-state index in [4.69, 9.17) is 4.74 Å². The van der Waals surface area contributed by atoms with E-state index in [9.17, 15) is 14.9 Å². The molecule has 0 saturated heterocycles. The van der Waals surface area contributed by atoms with Crippen LogP contribution >= 0.6 is 0 Å². The van der Waals surface area contributed by atoms with Gasteiger partial charge in [-0.15, -0.1) is 0 Å². The third kappa shape index (κ3) is 4.29. The number of carbonyl (C=O) groups excluding carboxylic acids is 1. The van der Waals surface area contributed by atoms with Crippen LogP contribution in [0.2, 0.25) is 0 Å². The molecule has 10 nitrogen and oxygen atoms in total. The molecule has 0 aliphatic rings. The molecule has 4 aromatic rings. The number of hydrogen-bond donors (Lipinski definition) is 2. The highest BCUT2D eigenvalue weighted by molar-refractivity contribution is 5.98. The Balaban J connectivity index is 1.71. The van der Waals surface area contributed by atoms with Gasteiger partial charge < -0.3 is 9.64 Å². The van der Waals surface area contributed by atoms with Gasteiger partial charge in [-0.05, 0) is 30.5 Å². The van der Waals surface area contributed by atoms with Gasteiger partial charge in [0.1, 0.15) is 12.1 Å². The Morgan fingerprint density at radius 1 is 1.06 bits per heavy atom. The SMILES string of the molecule is CCN(c1ncnc(NNC(=O)c2ccccc2OC)c1[N+](=O)[O-])c1cccc2ccccc12. The van der Waals surface area contributed by atoms with Crippen LogP contribution in [0.25, 0.3) is 10.8 Å². The summed E-state index contributed by atoms with van der Waals surface area (Å²) in [5.41, 5.74) is 5.70. The minimum atomic E-state index is -0.569. The number of ether oxygens (including phenoxy) is 1. The van der Waals surface area contributed by atoms with Gasteiger partial charge in [0.25, 0.3) is 5.91 Å². The van der Waals surface area contributed by atoms with Gasteiger partial charge in [-0.1, -0.05) is 48.5 Å². The number of carbonyl (C=O) groups is 1. The van der Waals surface area contributed by atoms with Gasteiger partial charge in [-0.3, -0.25) is 25.8 Å². The van der Waals surface area contributed by atoms with Gasteiger partial charge in [0.15, 0.2) is 0 Å². The minimum absolute atomic E-state index is 0.105. The van der Waals surface area contributed by atoms with Crippen LogP contribution in [0.5, 0.6) is 5.75 Å². The number of rotatable bonds is 8. The highest BCUT2D eigenvalue weighted by Crippen LogP contribution is 2.38. The zero-order valence-electron chi connectivity index (χ0n) is 18.6. The second kappa shape index (κ2) is 9.82. The summed E-state index contributed by atoms with van der Waals surface area (Å²) in [5, 5.41) is 14.0. The highest BCUT2D eigenvalue weighted by atomic mass is 16.6. The Bertz CT molecular complexity index is 1360. The van der Waals surface area contributed by atoms with E-state index in [0.717, 1.165) is 16.5 Å². The molecule has 2 N–H and O–H groups in total. The van der Waals surface area contributed by atoms with Crippen LogP contribution in [0.4, 0.5) is 23.0 Å². The van der Waals surface area contributed by atoms with Crippen molar-refractivity contribution in [2.45, 2.75) is 6.92 Å². The van der Waals surface area contributed by atoms with Crippen molar-refractivity contribution in [2.24, 2.45) is 0 Å². The van der Waals surface area contributed by atoms with Crippen LogP contribution in [0.3, 0.4) is 0 Å². The molecular weight excluding hydrogens is 436 g/mol. The van der Waals surface area contributed by atoms with Crippen LogP contribution in [0, 0.1) is 10.1 Å². The molecule has 172 valence electrons. The van der Waals surface area contributed by atoms with Gasteiger partial charge in [0.05, 0.1) is 23.3 Å². The van der Waals surface area contributed by atoms with Crippen molar-refractivity contribution >= 4 is 39.7 Å². The number of methoxy groups -OCH3 is 1. The predicted molar refractivity (Wildman–Crippen MR) is 129 cm³/mol. The van der Waals surface area contributed by atoms with Gasteiger partial charge in [-0.2, -0.15) is 0 Å². The Morgan fingerprint density at radius 2 is 1.79 bits per heavy atom. The first-order chi connectivity index (χ1) is 16.5. The molecule has 0 bridgehead atoms. The van der Waals surface area contributed by atoms with E-state index in [0.29, 0.717) is 12.3 Å². The molecule has 0 spiro atoms.